The fourth-order valence-corrected chi connectivity index (χ4v) is 2.59. The zero-order chi connectivity index (χ0) is 15.9. The van der Waals surface area contributed by atoms with Gasteiger partial charge in [0.1, 0.15) is 0 Å². The first kappa shape index (κ1) is 16.2. The van der Waals surface area contributed by atoms with Crippen LogP contribution in [0.4, 0.5) is 0 Å². The summed E-state index contributed by atoms with van der Waals surface area (Å²) in [5.74, 6) is -0.208. The molecule has 0 heterocycles. The first-order valence-electron chi connectivity index (χ1n) is 7.63. The summed E-state index contributed by atoms with van der Waals surface area (Å²) in [6.45, 7) is 0.520. The molecule has 0 aromatic heterocycles. The Labute approximate surface area is 130 Å². The van der Waals surface area contributed by atoms with Gasteiger partial charge < -0.3 is 10.1 Å². The molecule has 0 unspecified atom stereocenters. The molecule has 118 valence electrons. The Morgan fingerprint density at radius 2 is 2.05 bits per heavy atom. The quantitative estimate of drug-likeness (QED) is 0.646. The van der Waals surface area contributed by atoms with Gasteiger partial charge in [-0.25, -0.2) is 0 Å². The van der Waals surface area contributed by atoms with Crippen molar-refractivity contribution in [1.29, 1.82) is 0 Å². The Bertz CT molecular complexity index is 580. The number of benzene rings is 1. The smallest absolute Gasteiger partial charge is 0.305 e. The van der Waals surface area contributed by atoms with E-state index in [-0.39, 0.29) is 17.7 Å². The van der Waals surface area contributed by atoms with E-state index in [4.69, 9.17) is 0 Å². The summed E-state index contributed by atoms with van der Waals surface area (Å²) in [6.07, 6.45) is 4.08. The van der Waals surface area contributed by atoms with E-state index in [1.807, 2.05) is 6.07 Å². The number of ether oxygens (including phenoxy) is 1. The number of hydrogen-bond donors (Lipinski definition) is 1. The Balaban J connectivity index is 1.83. The second kappa shape index (κ2) is 7.73. The van der Waals surface area contributed by atoms with Crippen molar-refractivity contribution >= 4 is 17.7 Å². The first-order chi connectivity index (χ1) is 10.6. The molecule has 22 heavy (non-hydrogen) atoms. The van der Waals surface area contributed by atoms with Gasteiger partial charge in [-0.3, -0.25) is 14.4 Å². The monoisotopic (exact) mass is 303 g/mol. The maximum atomic E-state index is 12.1. The lowest BCUT2D eigenvalue weighted by molar-refractivity contribution is -0.140. The molecule has 1 aromatic carbocycles. The van der Waals surface area contributed by atoms with E-state index in [1.165, 1.54) is 7.11 Å². The molecule has 5 heteroatoms. The van der Waals surface area contributed by atoms with Crippen molar-refractivity contribution in [3.05, 3.63) is 34.9 Å². The van der Waals surface area contributed by atoms with Gasteiger partial charge in [0, 0.05) is 30.5 Å². The number of unbranched alkanes of at least 4 members (excludes halogenated alkanes) is 1. The lowest BCUT2D eigenvalue weighted by Gasteiger charge is -2.15. The first-order valence-corrected chi connectivity index (χ1v) is 7.63. The van der Waals surface area contributed by atoms with Crippen LogP contribution in [-0.2, 0) is 16.0 Å². The van der Waals surface area contributed by atoms with E-state index < -0.39 is 0 Å². The number of ketones is 1. The minimum atomic E-state index is -0.231. The molecule has 5 nitrogen and oxygen atoms in total. The average Bonchev–Trinajstić information content (AvgIpc) is 2.54. The van der Waals surface area contributed by atoms with E-state index in [9.17, 15) is 14.4 Å². The third-order valence-electron chi connectivity index (χ3n) is 3.84. The van der Waals surface area contributed by atoms with Crippen molar-refractivity contribution in [3.63, 3.8) is 0 Å². The summed E-state index contributed by atoms with van der Waals surface area (Å²) in [5, 5.41) is 2.83. The van der Waals surface area contributed by atoms with Gasteiger partial charge in [0.15, 0.2) is 5.78 Å². The molecule has 1 aliphatic carbocycles. The van der Waals surface area contributed by atoms with Gasteiger partial charge in [0.2, 0.25) is 0 Å². The molecule has 0 aliphatic heterocycles. The molecule has 0 spiro atoms. The molecule has 0 bridgehead atoms. The fourth-order valence-electron chi connectivity index (χ4n) is 2.59. The van der Waals surface area contributed by atoms with Gasteiger partial charge in [-0.2, -0.15) is 0 Å². The number of methoxy groups -OCH3 is 1. The number of aryl methyl sites for hydroxylation is 1. The van der Waals surface area contributed by atoms with Gasteiger partial charge in [-0.1, -0.05) is 6.07 Å². The maximum Gasteiger partial charge on any atom is 0.305 e. The van der Waals surface area contributed by atoms with Crippen molar-refractivity contribution in [2.75, 3.05) is 13.7 Å². The van der Waals surface area contributed by atoms with Gasteiger partial charge in [-0.05, 0) is 43.4 Å². The van der Waals surface area contributed by atoms with Crippen molar-refractivity contribution in [3.8, 4) is 0 Å². The van der Waals surface area contributed by atoms with Crippen LogP contribution in [0.2, 0.25) is 0 Å². The predicted octanol–water partition coefficient (Wildman–Crippen LogP) is 2.28. The number of fused-ring (bicyclic) bond motifs is 1. The molecule has 2 rings (SSSR count). The van der Waals surface area contributed by atoms with Crippen molar-refractivity contribution in [2.45, 2.75) is 38.5 Å². The largest absolute Gasteiger partial charge is 0.469 e. The summed E-state index contributed by atoms with van der Waals surface area (Å²) >= 11 is 0. The van der Waals surface area contributed by atoms with E-state index in [2.05, 4.69) is 10.1 Å². The Morgan fingerprint density at radius 3 is 2.82 bits per heavy atom. The Morgan fingerprint density at radius 1 is 1.23 bits per heavy atom. The Kier molecular flexibility index (Phi) is 5.69. The summed E-state index contributed by atoms with van der Waals surface area (Å²) in [7, 11) is 1.37. The Hall–Kier alpha value is -2.17. The minimum absolute atomic E-state index is 0.140. The number of hydrogen-bond acceptors (Lipinski definition) is 4. The number of carbonyl (C=O) groups is 3. The third-order valence-corrected chi connectivity index (χ3v) is 3.84. The van der Waals surface area contributed by atoms with Crippen molar-refractivity contribution < 1.29 is 19.1 Å². The maximum absolute atomic E-state index is 12.1. The lowest BCUT2D eigenvalue weighted by Crippen LogP contribution is -2.25. The highest BCUT2D eigenvalue weighted by molar-refractivity contribution is 6.00. The zero-order valence-corrected chi connectivity index (χ0v) is 12.8. The molecule has 0 atom stereocenters. The van der Waals surface area contributed by atoms with Crippen LogP contribution < -0.4 is 5.32 Å². The van der Waals surface area contributed by atoms with Gasteiger partial charge in [0.25, 0.3) is 5.91 Å². The van der Waals surface area contributed by atoms with E-state index >= 15 is 0 Å². The molecule has 0 radical (unpaired) electrons. The second-order valence-electron chi connectivity index (χ2n) is 5.44. The van der Waals surface area contributed by atoms with Crippen molar-refractivity contribution in [1.82, 2.24) is 5.32 Å². The second-order valence-corrected chi connectivity index (χ2v) is 5.44. The number of Topliss-reactive ketones (excluding diaryl/α,β-unsaturated/α-hetero) is 1. The van der Waals surface area contributed by atoms with Gasteiger partial charge >= 0.3 is 5.97 Å². The summed E-state index contributed by atoms with van der Waals surface area (Å²) in [4.78, 5) is 34.8. The van der Waals surface area contributed by atoms with Gasteiger partial charge in [0.05, 0.1) is 7.11 Å². The van der Waals surface area contributed by atoms with Crippen LogP contribution in [-0.4, -0.2) is 31.3 Å². The summed E-state index contributed by atoms with van der Waals surface area (Å²) < 4.78 is 4.55. The normalized spacial score (nSPS) is 13.4. The number of amides is 1. The van der Waals surface area contributed by atoms with Crippen LogP contribution in [0.15, 0.2) is 18.2 Å². The molecule has 0 saturated heterocycles. The van der Waals surface area contributed by atoms with Crippen LogP contribution in [0.5, 0.6) is 0 Å². The molecule has 0 fully saturated rings. The molecular weight excluding hydrogens is 282 g/mol. The average molecular weight is 303 g/mol. The van der Waals surface area contributed by atoms with E-state index in [0.29, 0.717) is 31.4 Å². The molecular formula is C17H21NO4. The molecule has 1 aliphatic rings. The number of rotatable bonds is 6. The van der Waals surface area contributed by atoms with Gasteiger partial charge in [-0.15, -0.1) is 0 Å². The van der Waals surface area contributed by atoms with Crippen LogP contribution in [0, 0.1) is 0 Å². The summed E-state index contributed by atoms with van der Waals surface area (Å²) in [5.41, 5.74) is 2.30. The van der Waals surface area contributed by atoms with E-state index in [1.54, 1.807) is 12.1 Å². The highest BCUT2D eigenvalue weighted by Gasteiger charge is 2.18. The number of nitrogens with one attached hydrogen (secondary N) is 1. The van der Waals surface area contributed by atoms with Crippen LogP contribution in [0.3, 0.4) is 0 Å². The van der Waals surface area contributed by atoms with Crippen LogP contribution >= 0.6 is 0 Å². The zero-order valence-electron chi connectivity index (χ0n) is 12.8. The third kappa shape index (κ3) is 4.16. The molecule has 0 saturated carbocycles. The SMILES string of the molecule is COC(=O)CCCCNC(=O)c1ccc2c(c1)CCCC2=O. The fraction of sp³-hybridized carbons (Fsp3) is 0.471. The molecule has 1 N–H and O–H groups in total. The molecule has 1 aromatic rings. The highest BCUT2D eigenvalue weighted by Crippen LogP contribution is 2.22. The summed E-state index contributed by atoms with van der Waals surface area (Å²) in [6, 6.07) is 5.27. The predicted molar refractivity (Wildman–Crippen MR) is 81.9 cm³/mol. The topological polar surface area (TPSA) is 72.5 Å². The minimum Gasteiger partial charge on any atom is -0.469 e. The van der Waals surface area contributed by atoms with E-state index in [0.717, 1.165) is 30.4 Å². The van der Waals surface area contributed by atoms with Crippen LogP contribution in [0.25, 0.3) is 0 Å². The standard InChI is InChI=1S/C17H21NO4/c1-22-16(20)7-2-3-10-18-17(21)13-8-9-14-12(11-13)5-4-6-15(14)19/h8-9,11H,2-7,10H2,1H3,(H,18,21). The number of carbonyl (C=O) groups excluding carboxylic acids is 3. The lowest BCUT2D eigenvalue weighted by atomic mass is 9.89. The van der Waals surface area contributed by atoms with Crippen LogP contribution in [0.1, 0.15) is 58.4 Å². The van der Waals surface area contributed by atoms with Crippen molar-refractivity contribution in [2.24, 2.45) is 0 Å². The number of esters is 1. The molecule has 1 amide bonds. The highest BCUT2D eigenvalue weighted by atomic mass is 16.5.